The van der Waals surface area contributed by atoms with E-state index in [4.69, 9.17) is 9.15 Å². The number of fused-ring (bicyclic) bond motifs is 1. The first-order chi connectivity index (χ1) is 24.3. The van der Waals surface area contributed by atoms with Crippen LogP contribution in [0.4, 0.5) is 11.6 Å². The van der Waals surface area contributed by atoms with E-state index in [1.54, 1.807) is 48.7 Å². The molecule has 5 heterocycles. The summed E-state index contributed by atoms with van der Waals surface area (Å²) in [6.45, 7) is 1.08. The highest BCUT2D eigenvalue weighted by molar-refractivity contribution is 7.90. The summed E-state index contributed by atoms with van der Waals surface area (Å²) in [5, 5.41) is 5.82. The normalized spacial score (nSPS) is 13.3. The van der Waals surface area contributed by atoms with Gasteiger partial charge in [-0.25, -0.2) is 22.4 Å². The number of aromatic nitrogens is 5. The number of rotatable bonds is 10. The molecule has 4 aromatic heterocycles. The molecule has 0 atom stereocenters. The number of amides is 2. The van der Waals surface area contributed by atoms with Gasteiger partial charge in [0.25, 0.3) is 21.5 Å². The van der Waals surface area contributed by atoms with Gasteiger partial charge in [0, 0.05) is 36.4 Å². The zero-order valence-corrected chi connectivity index (χ0v) is 27.2. The third-order valence-corrected chi connectivity index (χ3v) is 9.82. The van der Waals surface area contributed by atoms with Crippen molar-refractivity contribution in [1.29, 1.82) is 0 Å². The van der Waals surface area contributed by atoms with Crippen molar-refractivity contribution in [3.8, 4) is 11.5 Å². The molecule has 0 saturated carbocycles. The van der Waals surface area contributed by atoms with Crippen LogP contribution in [0.2, 0.25) is 0 Å². The number of morpholine rings is 1. The van der Waals surface area contributed by atoms with E-state index < -0.39 is 33.9 Å². The highest BCUT2D eigenvalue weighted by Gasteiger charge is 2.25. The number of carbonyl (C=O) groups excluding carboxylic acids is 2. The molecule has 2 amide bonds. The predicted octanol–water partition coefficient (Wildman–Crippen LogP) is 2.89. The molecule has 1 saturated heterocycles. The van der Waals surface area contributed by atoms with Crippen LogP contribution in [0.1, 0.15) is 16.2 Å². The van der Waals surface area contributed by atoms with Gasteiger partial charge in [-0.2, -0.15) is 0 Å². The van der Waals surface area contributed by atoms with Crippen molar-refractivity contribution in [3.05, 3.63) is 119 Å². The Balaban J connectivity index is 1.15. The van der Waals surface area contributed by atoms with Crippen LogP contribution < -0.4 is 21.1 Å². The van der Waals surface area contributed by atoms with E-state index in [-0.39, 0.29) is 34.5 Å². The van der Waals surface area contributed by atoms with E-state index >= 15 is 0 Å². The molecule has 2 aromatic carbocycles. The molecule has 0 unspecified atom stereocenters. The Bertz CT molecular complexity index is 2350. The molecule has 16 heteroatoms. The average Bonchev–Trinajstić information content (AvgIpc) is 3.80. The Morgan fingerprint density at radius 2 is 1.68 bits per heavy atom. The third kappa shape index (κ3) is 6.48. The second-order valence-electron chi connectivity index (χ2n) is 11.2. The Labute approximate surface area is 285 Å². The minimum Gasteiger partial charge on any atom is -0.444 e. The summed E-state index contributed by atoms with van der Waals surface area (Å²) in [6, 6.07) is 20.2. The second-order valence-corrected chi connectivity index (χ2v) is 13.0. The van der Waals surface area contributed by atoms with Crippen LogP contribution in [0.5, 0.6) is 0 Å². The summed E-state index contributed by atoms with van der Waals surface area (Å²) >= 11 is 0. The van der Waals surface area contributed by atoms with Crippen LogP contribution in [-0.4, -0.2) is 70.0 Å². The number of nitrogens with zero attached hydrogens (tertiary/aromatic N) is 6. The smallest absolute Gasteiger partial charge is 0.295 e. The van der Waals surface area contributed by atoms with Gasteiger partial charge in [0.2, 0.25) is 11.8 Å². The number of pyridine rings is 1. The van der Waals surface area contributed by atoms with Gasteiger partial charge < -0.3 is 24.7 Å². The topological polar surface area (TPSA) is 184 Å². The molecule has 254 valence electrons. The maximum Gasteiger partial charge on any atom is 0.295 e. The highest BCUT2D eigenvalue weighted by Crippen LogP contribution is 2.25. The molecule has 1 aliphatic heterocycles. The molecular formula is C34H30N8O7S. The third-order valence-electron chi connectivity index (χ3n) is 8.04. The molecule has 6 aromatic rings. The van der Waals surface area contributed by atoms with Crippen molar-refractivity contribution in [2.45, 2.75) is 18.0 Å². The monoisotopic (exact) mass is 694 g/mol. The Morgan fingerprint density at radius 1 is 0.940 bits per heavy atom. The number of oxazole rings is 1. The van der Waals surface area contributed by atoms with Crippen molar-refractivity contribution in [3.63, 3.8) is 0 Å². The lowest BCUT2D eigenvalue weighted by atomic mass is 10.2. The van der Waals surface area contributed by atoms with Gasteiger partial charge in [0.1, 0.15) is 18.6 Å². The van der Waals surface area contributed by atoms with Crippen LogP contribution in [0.3, 0.4) is 0 Å². The summed E-state index contributed by atoms with van der Waals surface area (Å²) in [5.74, 6) is -1.04. The molecule has 0 spiro atoms. The molecule has 1 aliphatic rings. The first-order valence-corrected chi connectivity index (χ1v) is 17.0. The van der Waals surface area contributed by atoms with Gasteiger partial charge in [0.05, 0.1) is 42.1 Å². The Kier molecular flexibility index (Phi) is 8.93. The van der Waals surface area contributed by atoms with Crippen molar-refractivity contribution in [2.75, 3.05) is 36.5 Å². The lowest BCUT2D eigenvalue weighted by molar-refractivity contribution is -0.121. The van der Waals surface area contributed by atoms with Crippen molar-refractivity contribution >= 4 is 44.4 Å². The van der Waals surface area contributed by atoms with Crippen molar-refractivity contribution < 1.29 is 27.2 Å². The number of carbonyl (C=O) groups is 2. The van der Waals surface area contributed by atoms with Crippen LogP contribution in [0.25, 0.3) is 22.4 Å². The summed E-state index contributed by atoms with van der Waals surface area (Å²) in [7, 11) is -4.04. The van der Waals surface area contributed by atoms with Crippen molar-refractivity contribution in [2.24, 2.45) is 0 Å². The molecule has 2 N–H and O–H groups in total. The summed E-state index contributed by atoms with van der Waals surface area (Å²) in [4.78, 5) is 54.9. The van der Waals surface area contributed by atoms with Crippen LogP contribution >= 0.6 is 0 Å². The summed E-state index contributed by atoms with van der Waals surface area (Å²) in [5.41, 5.74) is 0.564. The van der Waals surface area contributed by atoms with E-state index in [1.165, 1.54) is 39.3 Å². The molecule has 15 nitrogen and oxygen atoms in total. The maximum absolute atomic E-state index is 13.8. The fourth-order valence-corrected chi connectivity index (χ4v) is 7.17. The fraction of sp³-hybridized carbons (Fsp3) is 0.176. The number of hydrogen-bond donors (Lipinski definition) is 2. The molecule has 0 bridgehead atoms. The van der Waals surface area contributed by atoms with Gasteiger partial charge in [0.15, 0.2) is 11.5 Å². The molecule has 0 radical (unpaired) electrons. The fourth-order valence-electron chi connectivity index (χ4n) is 5.61. The van der Waals surface area contributed by atoms with E-state index in [2.05, 4.69) is 25.6 Å². The second kappa shape index (κ2) is 13.8. The number of benzene rings is 2. The van der Waals surface area contributed by atoms with Crippen LogP contribution in [0, 0.1) is 0 Å². The number of ether oxygens (including phenoxy) is 1. The Hall–Kier alpha value is -6.13. The quantitative estimate of drug-likeness (QED) is 0.215. The SMILES string of the molecule is O=C(Cn1c(N2CCOCC2)cnc(NC(=O)c2coc(-c3ccccc3)n2)c1=O)NCc1cc2cnccc2n1S(=O)(=O)c1ccccc1. The molecular weight excluding hydrogens is 664 g/mol. The number of anilines is 2. The van der Waals surface area contributed by atoms with Crippen molar-refractivity contribution in [1.82, 2.24) is 28.8 Å². The van der Waals surface area contributed by atoms with Gasteiger partial charge >= 0.3 is 0 Å². The van der Waals surface area contributed by atoms with Gasteiger partial charge in [-0.1, -0.05) is 36.4 Å². The highest BCUT2D eigenvalue weighted by atomic mass is 32.2. The minimum absolute atomic E-state index is 0.0670. The lowest BCUT2D eigenvalue weighted by Crippen LogP contribution is -2.42. The van der Waals surface area contributed by atoms with E-state index in [0.717, 1.165) is 0 Å². The van der Waals surface area contributed by atoms with Gasteiger partial charge in [-0.15, -0.1) is 0 Å². The van der Waals surface area contributed by atoms with Crippen LogP contribution in [-0.2, 0) is 32.6 Å². The number of hydrogen-bond acceptors (Lipinski definition) is 11. The lowest BCUT2D eigenvalue weighted by Gasteiger charge is -2.30. The van der Waals surface area contributed by atoms with E-state index in [1.807, 2.05) is 23.1 Å². The zero-order valence-electron chi connectivity index (χ0n) is 26.4. The average molecular weight is 695 g/mol. The standard InChI is InChI=1S/C34H30N8O7S/c43-29(36-19-25-17-24-18-35-12-11-28(24)42(25)50(46,47)26-9-5-2-6-10-26)21-41-30(40-13-15-48-16-14-40)20-37-31(34(41)45)39-32(44)27-22-49-33(38-27)23-7-3-1-4-8-23/h1-12,17-18,20,22H,13-16,19,21H2,(H,36,43)(H,37,39,44). The van der Waals surface area contributed by atoms with Gasteiger partial charge in [-0.3, -0.25) is 23.9 Å². The largest absolute Gasteiger partial charge is 0.444 e. The molecule has 0 aliphatic carbocycles. The maximum atomic E-state index is 13.8. The molecule has 1 fully saturated rings. The van der Waals surface area contributed by atoms with Crippen LogP contribution in [0.15, 0.2) is 112 Å². The zero-order chi connectivity index (χ0) is 34.7. The molecule has 50 heavy (non-hydrogen) atoms. The van der Waals surface area contributed by atoms with E-state index in [0.29, 0.717) is 48.6 Å². The number of nitrogens with one attached hydrogen (secondary N) is 2. The van der Waals surface area contributed by atoms with Gasteiger partial charge in [-0.05, 0) is 36.4 Å². The minimum atomic E-state index is -4.04. The first-order valence-electron chi connectivity index (χ1n) is 15.6. The Morgan fingerprint density at radius 3 is 2.44 bits per heavy atom. The van der Waals surface area contributed by atoms with E-state index in [9.17, 15) is 22.8 Å². The summed E-state index contributed by atoms with van der Waals surface area (Å²) < 4.78 is 40.8. The molecule has 7 rings (SSSR count). The predicted molar refractivity (Wildman–Crippen MR) is 182 cm³/mol. The first kappa shape index (κ1) is 32.4. The summed E-state index contributed by atoms with van der Waals surface area (Å²) in [6.07, 6.45) is 5.62.